The molecule has 17 heavy (non-hydrogen) atoms. The molecule has 0 aliphatic carbocycles. The SMILES string of the molecule is CCCCC1(CCCC)CC(C(C)(C)C)=NO1. The van der Waals surface area contributed by atoms with E-state index in [9.17, 15) is 0 Å². The minimum Gasteiger partial charge on any atom is -0.389 e. The maximum Gasteiger partial charge on any atom is 0.143 e. The van der Waals surface area contributed by atoms with Crippen LogP contribution in [0.1, 0.15) is 79.6 Å². The number of unbranched alkanes of at least 4 members (excludes halogenated alkanes) is 2. The highest BCUT2D eigenvalue weighted by molar-refractivity contribution is 5.90. The van der Waals surface area contributed by atoms with Gasteiger partial charge in [0.25, 0.3) is 0 Å². The average Bonchev–Trinajstić information content (AvgIpc) is 2.68. The van der Waals surface area contributed by atoms with E-state index in [0.717, 1.165) is 19.3 Å². The summed E-state index contributed by atoms with van der Waals surface area (Å²) in [4.78, 5) is 5.87. The molecule has 0 N–H and O–H groups in total. The molecular formula is C15H29NO. The molecule has 0 spiro atoms. The number of rotatable bonds is 6. The van der Waals surface area contributed by atoms with E-state index in [2.05, 4.69) is 39.8 Å². The van der Waals surface area contributed by atoms with E-state index in [1.165, 1.54) is 31.4 Å². The molecule has 2 nitrogen and oxygen atoms in total. The summed E-state index contributed by atoms with van der Waals surface area (Å²) in [5.74, 6) is 0. The van der Waals surface area contributed by atoms with Crippen molar-refractivity contribution in [3.05, 3.63) is 0 Å². The van der Waals surface area contributed by atoms with Gasteiger partial charge >= 0.3 is 0 Å². The Kier molecular flexibility index (Phi) is 5.03. The first-order valence-corrected chi connectivity index (χ1v) is 7.19. The van der Waals surface area contributed by atoms with E-state index >= 15 is 0 Å². The van der Waals surface area contributed by atoms with Gasteiger partial charge in [-0.3, -0.25) is 0 Å². The van der Waals surface area contributed by atoms with Gasteiger partial charge in [0.1, 0.15) is 5.60 Å². The lowest BCUT2D eigenvalue weighted by Crippen LogP contribution is -2.31. The second-order valence-corrected chi connectivity index (χ2v) is 6.45. The van der Waals surface area contributed by atoms with E-state index < -0.39 is 0 Å². The second kappa shape index (κ2) is 5.88. The van der Waals surface area contributed by atoms with Crippen LogP contribution in [0, 0.1) is 5.41 Å². The van der Waals surface area contributed by atoms with Crippen LogP contribution in [0.5, 0.6) is 0 Å². The summed E-state index contributed by atoms with van der Waals surface area (Å²) in [5.41, 5.74) is 1.42. The Labute approximate surface area is 107 Å². The van der Waals surface area contributed by atoms with Crippen molar-refractivity contribution >= 4 is 5.71 Å². The van der Waals surface area contributed by atoms with Crippen LogP contribution in [0.3, 0.4) is 0 Å². The maximum absolute atomic E-state index is 5.87. The fourth-order valence-electron chi connectivity index (χ4n) is 2.31. The van der Waals surface area contributed by atoms with E-state index in [0.29, 0.717) is 0 Å². The smallest absolute Gasteiger partial charge is 0.143 e. The quantitative estimate of drug-likeness (QED) is 0.644. The fourth-order valence-corrected chi connectivity index (χ4v) is 2.31. The molecule has 0 unspecified atom stereocenters. The van der Waals surface area contributed by atoms with E-state index in [1.807, 2.05) is 0 Å². The predicted molar refractivity (Wildman–Crippen MR) is 74.4 cm³/mol. The summed E-state index contributed by atoms with van der Waals surface area (Å²) < 4.78 is 0. The third-order valence-corrected chi connectivity index (χ3v) is 3.68. The molecule has 0 aromatic rings. The third kappa shape index (κ3) is 4.01. The number of hydrogen-bond donors (Lipinski definition) is 0. The minimum atomic E-state index is 0.0225. The van der Waals surface area contributed by atoms with Crippen molar-refractivity contribution in [2.45, 2.75) is 85.2 Å². The number of oxime groups is 1. The third-order valence-electron chi connectivity index (χ3n) is 3.68. The molecule has 0 bridgehead atoms. The van der Waals surface area contributed by atoms with Crippen molar-refractivity contribution in [3.8, 4) is 0 Å². The van der Waals surface area contributed by atoms with Crippen molar-refractivity contribution < 1.29 is 4.84 Å². The molecule has 1 rings (SSSR count). The molecule has 0 fully saturated rings. The van der Waals surface area contributed by atoms with Gasteiger partial charge in [-0.15, -0.1) is 0 Å². The highest BCUT2D eigenvalue weighted by Crippen LogP contribution is 2.38. The zero-order valence-corrected chi connectivity index (χ0v) is 12.3. The Morgan fingerprint density at radius 1 is 1.12 bits per heavy atom. The Morgan fingerprint density at radius 3 is 2.00 bits per heavy atom. The zero-order valence-electron chi connectivity index (χ0n) is 12.3. The average molecular weight is 239 g/mol. The van der Waals surface area contributed by atoms with Gasteiger partial charge in [0, 0.05) is 11.8 Å². The summed E-state index contributed by atoms with van der Waals surface area (Å²) in [5, 5.41) is 4.38. The summed E-state index contributed by atoms with van der Waals surface area (Å²) >= 11 is 0. The molecule has 0 aromatic carbocycles. The molecule has 1 heterocycles. The van der Waals surface area contributed by atoms with Crippen LogP contribution in [0.15, 0.2) is 5.16 Å². The Hall–Kier alpha value is -0.530. The normalized spacial score (nSPS) is 19.0. The van der Waals surface area contributed by atoms with Crippen molar-refractivity contribution in [3.63, 3.8) is 0 Å². The van der Waals surface area contributed by atoms with Crippen LogP contribution in [-0.4, -0.2) is 11.3 Å². The lowest BCUT2D eigenvalue weighted by atomic mass is 9.79. The van der Waals surface area contributed by atoms with Gasteiger partial charge < -0.3 is 4.84 Å². The van der Waals surface area contributed by atoms with Gasteiger partial charge in [0.2, 0.25) is 0 Å². The van der Waals surface area contributed by atoms with Gasteiger partial charge in [-0.2, -0.15) is 0 Å². The van der Waals surface area contributed by atoms with Gasteiger partial charge in [-0.05, 0) is 25.7 Å². The predicted octanol–water partition coefficient (Wildman–Crippen LogP) is 4.93. The largest absolute Gasteiger partial charge is 0.389 e. The topological polar surface area (TPSA) is 21.6 Å². The monoisotopic (exact) mass is 239 g/mol. The molecule has 0 saturated carbocycles. The van der Waals surface area contributed by atoms with E-state index in [4.69, 9.17) is 4.84 Å². The molecular weight excluding hydrogens is 210 g/mol. The standard InChI is InChI=1S/C15H29NO/c1-6-8-10-15(11-9-7-2)12-13(16-17-15)14(3,4)5/h6-12H2,1-5H3. The molecule has 1 aliphatic rings. The highest BCUT2D eigenvalue weighted by atomic mass is 16.7. The first-order valence-electron chi connectivity index (χ1n) is 7.19. The first-order chi connectivity index (χ1) is 7.93. The van der Waals surface area contributed by atoms with E-state index in [1.54, 1.807) is 0 Å². The Balaban J connectivity index is 2.63. The molecule has 0 atom stereocenters. The first kappa shape index (κ1) is 14.5. The van der Waals surface area contributed by atoms with Crippen LogP contribution >= 0.6 is 0 Å². The lowest BCUT2D eigenvalue weighted by Gasteiger charge is -2.27. The van der Waals surface area contributed by atoms with Crippen LogP contribution in [0.2, 0.25) is 0 Å². The van der Waals surface area contributed by atoms with Crippen molar-refractivity contribution in [2.75, 3.05) is 0 Å². The number of hydrogen-bond acceptors (Lipinski definition) is 2. The maximum atomic E-state index is 5.87. The van der Waals surface area contributed by atoms with Crippen LogP contribution in [0.4, 0.5) is 0 Å². The van der Waals surface area contributed by atoms with Gasteiger partial charge in [0.15, 0.2) is 0 Å². The molecule has 2 heteroatoms. The summed E-state index contributed by atoms with van der Waals surface area (Å²) in [6.07, 6.45) is 8.33. The molecule has 0 radical (unpaired) electrons. The van der Waals surface area contributed by atoms with Crippen LogP contribution in [0.25, 0.3) is 0 Å². The van der Waals surface area contributed by atoms with Gasteiger partial charge in [-0.1, -0.05) is 52.6 Å². The highest BCUT2D eigenvalue weighted by Gasteiger charge is 2.41. The fraction of sp³-hybridized carbons (Fsp3) is 0.933. The summed E-state index contributed by atoms with van der Waals surface area (Å²) in [6.45, 7) is 11.2. The van der Waals surface area contributed by atoms with Crippen molar-refractivity contribution in [1.82, 2.24) is 0 Å². The summed E-state index contributed by atoms with van der Waals surface area (Å²) in [7, 11) is 0. The Bertz CT molecular complexity index is 255. The summed E-state index contributed by atoms with van der Waals surface area (Å²) in [6, 6.07) is 0. The van der Waals surface area contributed by atoms with Gasteiger partial charge in [0.05, 0.1) is 5.71 Å². The Morgan fingerprint density at radius 2 is 1.65 bits per heavy atom. The second-order valence-electron chi connectivity index (χ2n) is 6.45. The van der Waals surface area contributed by atoms with E-state index in [-0.39, 0.29) is 11.0 Å². The minimum absolute atomic E-state index is 0.0225. The van der Waals surface area contributed by atoms with Gasteiger partial charge in [-0.25, -0.2) is 0 Å². The van der Waals surface area contributed by atoms with Crippen molar-refractivity contribution in [1.29, 1.82) is 0 Å². The molecule has 1 aliphatic heterocycles. The lowest BCUT2D eigenvalue weighted by molar-refractivity contribution is -0.0343. The van der Waals surface area contributed by atoms with Crippen LogP contribution in [-0.2, 0) is 4.84 Å². The molecule has 0 saturated heterocycles. The number of nitrogens with zero attached hydrogens (tertiary/aromatic N) is 1. The molecule has 100 valence electrons. The zero-order chi connectivity index (χ0) is 12.9. The molecule has 0 aromatic heterocycles. The molecule has 0 amide bonds. The van der Waals surface area contributed by atoms with Crippen molar-refractivity contribution in [2.24, 2.45) is 10.6 Å². The van der Waals surface area contributed by atoms with Crippen LogP contribution < -0.4 is 0 Å².